The minimum absolute atomic E-state index is 0.0156. The molecule has 3 rings (SSSR count). The highest BCUT2D eigenvalue weighted by Crippen LogP contribution is 2.23. The molecule has 0 N–H and O–H groups in total. The monoisotopic (exact) mass is 396 g/mol. The largest absolute Gasteiger partial charge is 0.468 e. The Morgan fingerprint density at radius 3 is 2.58 bits per heavy atom. The standard InChI is InChI=1S/C16H11BrF2N2O3/c1-9-20-15(24-8-10-4-3-7-23-10)13(17)16(22)21(9)14-11(18)5-2-6-12(14)19/h2-7H,8H2,1H3. The molecule has 1 aromatic carbocycles. The topological polar surface area (TPSA) is 57.3 Å². The molecule has 0 fully saturated rings. The van der Waals surface area contributed by atoms with Crippen LogP contribution in [0.2, 0.25) is 0 Å². The van der Waals surface area contributed by atoms with Gasteiger partial charge in [-0.05, 0) is 47.1 Å². The molecule has 0 aliphatic rings. The van der Waals surface area contributed by atoms with Crippen LogP contribution in [-0.4, -0.2) is 9.55 Å². The summed E-state index contributed by atoms with van der Waals surface area (Å²) in [5, 5.41) is 0. The van der Waals surface area contributed by atoms with E-state index in [0.29, 0.717) is 5.76 Å². The van der Waals surface area contributed by atoms with Gasteiger partial charge >= 0.3 is 0 Å². The average molecular weight is 397 g/mol. The predicted octanol–water partition coefficient (Wildman–Crippen LogP) is 3.75. The van der Waals surface area contributed by atoms with E-state index in [0.717, 1.165) is 16.7 Å². The van der Waals surface area contributed by atoms with Gasteiger partial charge < -0.3 is 9.15 Å². The summed E-state index contributed by atoms with van der Waals surface area (Å²) in [4.78, 5) is 16.6. The van der Waals surface area contributed by atoms with Crippen LogP contribution in [0.25, 0.3) is 5.69 Å². The van der Waals surface area contributed by atoms with Gasteiger partial charge in [0.15, 0.2) is 0 Å². The van der Waals surface area contributed by atoms with E-state index in [-0.39, 0.29) is 22.8 Å². The summed E-state index contributed by atoms with van der Waals surface area (Å²) >= 11 is 3.08. The SMILES string of the molecule is Cc1nc(OCc2ccco2)c(Br)c(=O)n1-c1c(F)cccc1F. The minimum atomic E-state index is -0.863. The first-order valence-electron chi connectivity index (χ1n) is 6.87. The van der Waals surface area contributed by atoms with Crippen molar-refractivity contribution in [2.24, 2.45) is 0 Å². The number of para-hydroxylation sites is 1. The summed E-state index contributed by atoms with van der Waals surface area (Å²) < 4.78 is 39.3. The van der Waals surface area contributed by atoms with E-state index in [9.17, 15) is 13.6 Å². The molecule has 0 saturated carbocycles. The number of hydrogen-bond donors (Lipinski definition) is 0. The second kappa shape index (κ2) is 6.56. The van der Waals surface area contributed by atoms with E-state index in [1.54, 1.807) is 12.1 Å². The summed E-state index contributed by atoms with van der Waals surface area (Å²) in [6.45, 7) is 1.52. The Kier molecular flexibility index (Phi) is 4.48. The Balaban J connectivity index is 2.05. The molecule has 24 heavy (non-hydrogen) atoms. The second-order valence-corrected chi connectivity index (χ2v) is 5.65. The molecular formula is C16H11BrF2N2O3. The number of rotatable bonds is 4. The highest BCUT2D eigenvalue weighted by molar-refractivity contribution is 9.10. The maximum atomic E-state index is 14.0. The smallest absolute Gasteiger partial charge is 0.276 e. The van der Waals surface area contributed by atoms with Crippen molar-refractivity contribution >= 4 is 15.9 Å². The highest BCUT2D eigenvalue weighted by Gasteiger charge is 2.20. The van der Waals surface area contributed by atoms with Gasteiger partial charge in [0.2, 0.25) is 5.88 Å². The molecule has 0 saturated heterocycles. The summed E-state index contributed by atoms with van der Waals surface area (Å²) in [5.74, 6) is -1.08. The van der Waals surface area contributed by atoms with Gasteiger partial charge in [-0.3, -0.25) is 9.36 Å². The fourth-order valence-electron chi connectivity index (χ4n) is 2.18. The molecule has 8 heteroatoms. The molecule has 0 spiro atoms. The number of benzene rings is 1. The van der Waals surface area contributed by atoms with Crippen LogP contribution in [0.1, 0.15) is 11.6 Å². The summed E-state index contributed by atoms with van der Waals surface area (Å²) in [6, 6.07) is 6.76. The van der Waals surface area contributed by atoms with E-state index in [2.05, 4.69) is 20.9 Å². The third-order valence-electron chi connectivity index (χ3n) is 3.26. The van der Waals surface area contributed by atoms with Gasteiger partial charge in [-0.25, -0.2) is 8.78 Å². The fraction of sp³-hybridized carbons (Fsp3) is 0.125. The first-order valence-corrected chi connectivity index (χ1v) is 7.67. The van der Waals surface area contributed by atoms with Crippen molar-refractivity contribution in [1.29, 1.82) is 0 Å². The van der Waals surface area contributed by atoms with Crippen LogP contribution >= 0.6 is 15.9 Å². The zero-order valence-corrected chi connectivity index (χ0v) is 14.0. The van der Waals surface area contributed by atoms with Gasteiger partial charge in [-0.15, -0.1) is 0 Å². The molecule has 124 valence electrons. The second-order valence-electron chi connectivity index (χ2n) is 4.86. The quantitative estimate of drug-likeness (QED) is 0.673. The number of halogens is 3. The molecule has 0 atom stereocenters. The number of furan rings is 1. The van der Waals surface area contributed by atoms with E-state index < -0.39 is 22.9 Å². The van der Waals surface area contributed by atoms with Gasteiger partial charge in [0.1, 0.15) is 40.0 Å². The summed E-state index contributed by atoms with van der Waals surface area (Å²) in [7, 11) is 0. The Hall–Kier alpha value is -2.48. The normalized spacial score (nSPS) is 10.8. The van der Waals surface area contributed by atoms with Gasteiger partial charge in [0.05, 0.1) is 6.26 Å². The summed E-state index contributed by atoms with van der Waals surface area (Å²) in [6.07, 6.45) is 1.49. The third kappa shape index (κ3) is 2.96. The number of hydrogen-bond acceptors (Lipinski definition) is 4. The lowest BCUT2D eigenvalue weighted by molar-refractivity contribution is 0.257. The van der Waals surface area contributed by atoms with Gasteiger partial charge in [-0.2, -0.15) is 4.98 Å². The van der Waals surface area contributed by atoms with E-state index in [1.807, 2.05) is 0 Å². The molecule has 0 aliphatic heterocycles. The fourth-order valence-corrected chi connectivity index (χ4v) is 2.56. The molecule has 2 heterocycles. The molecule has 0 unspecified atom stereocenters. The molecular weight excluding hydrogens is 386 g/mol. The van der Waals surface area contributed by atoms with Gasteiger partial charge in [0, 0.05) is 0 Å². The molecule has 3 aromatic rings. The predicted molar refractivity (Wildman–Crippen MR) is 85.2 cm³/mol. The number of aromatic nitrogens is 2. The lowest BCUT2D eigenvalue weighted by atomic mass is 10.2. The molecule has 5 nitrogen and oxygen atoms in total. The van der Waals surface area contributed by atoms with E-state index >= 15 is 0 Å². The average Bonchev–Trinajstić information content (AvgIpc) is 3.06. The van der Waals surface area contributed by atoms with Crippen LogP contribution in [0.3, 0.4) is 0 Å². The zero-order chi connectivity index (χ0) is 17.3. The van der Waals surface area contributed by atoms with E-state index in [4.69, 9.17) is 9.15 Å². The van der Waals surface area contributed by atoms with Crippen molar-refractivity contribution in [3.63, 3.8) is 0 Å². The van der Waals surface area contributed by atoms with Gasteiger partial charge in [-0.1, -0.05) is 6.07 Å². The van der Waals surface area contributed by atoms with Crippen LogP contribution in [-0.2, 0) is 6.61 Å². The third-order valence-corrected chi connectivity index (χ3v) is 3.94. The lowest BCUT2D eigenvalue weighted by Crippen LogP contribution is -2.25. The number of nitrogens with zero attached hydrogens (tertiary/aromatic N) is 2. The van der Waals surface area contributed by atoms with Crippen LogP contribution in [0.4, 0.5) is 8.78 Å². The van der Waals surface area contributed by atoms with Crippen molar-refractivity contribution in [3.8, 4) is 11.6 Å². The highest BCUT2D eigenvalue weighted by atomic mass is 79.9. The first kappa shape index (κ1) is 16.4. The number of aryl methyl sites for hydroxylation is 1. The van der Waals surface area contributed by atoms with Crippen LogP contribution in [0, 0.1) is 18.6 Å². The van der Waals surface area contributed by atoms with Gasteiger partial charge in [0.25, 0.3) is 5.56 Å². The maximum Gasteiger partial charge on any atom is 0.276 e. The number of ether oxygens (including phenoxy) is 1. The van der Waals surface area contributed by atoms with Crippen molar-refractivity contribution in [2.75, 3.05) is 0 Å². The first-order chi connectivity index (χ1) is 11.5. The molecule has 0 aliphatic carbocycles. The Bertz CT molecular complexity index is 919. The molecule has 0 amide bonds. The minimum Gasteiger partial charge on any atom is -0.468 e. The molecule has 0 bridgehead atoms. The van der Waals surface area contributed by atoms with Crippen LogP contribution in [0.15, 0.2) is 50.3 Å². The van der Waals surface area contributed by atoms with E-state index in [1.165, 1.54) is 19.3 Å². The van der Waals surface area contributed by atoms with Crippen molar-refractivity contribution in [1.82, 2.24) is 9.55 Å². The Morgan fingerprint density at radius 2 is 1.96 bits per heavy atom. The summed E-state index contributed by atoms with van der Waals surface area (Å²) in [5.41, 5.74) is -1.16. The molecule has 2 aromatic heterocycles. The van der Waals surface area contributed by atoms with Crippen LogP contribution in [0.5, 0.6) is 5.88 Å². The van der Waals surface area contributed by atoms with Crippen LogP contribution < -0.4 is 10.3 Å². The Morgan fingerprint density at radius 1 is 1.25 bits per heavy atom. The van der Waals surface area contributed by atoms with Crippen molar-refractivity contribution in [3.05, 3.63) is 74.6 Å². The maximum absolute atomic E-state index is 14.0. The lowest BCUT2D eigenvalue weighted by Gasteiger charge is -2.14. The van der Waals surface area contributed by atoms with Crippen molar-refractivity contribution < 1.29 is 17.9 Å². The van der Waals surface area contributed by atoms with Crippen molar-refractivity contribution in [2.45, 2.75) is 13.5 Å². The zero-order valence-electron chi connectivity index (χ0n) is 12.4. The Labute approximate surface area is 143 Å². The molecule has 0 radical (unpaired) electrons.